The van der Waals surface area contributed by atoms with Gasteiger partial charge in [-0.25, -0.2) is 4.79 Å². The first kappa shape index (κ1) is 21.6. The highest BCUT2D eigenvalue weighted by Gasteiger charge is 2.54. The van der Waals surface area contributed by atoms with Gasteiger partial charge in [-0.2, -0.15) is 0 Å². The van der Waals surface area contributed by atoms with Crippen molar-refractivity contribution >= 4 is 5.97 Å². The van der Waals surface area contributed by atoms with E-state index < -0.39 is 11.6 Å². The van der Waals surface area contributed by atoms with Crippen LogP contribution in [0.1, 0.15) is 18.1 Å². The Labute approximate surface area is 182 Å². The van der Waals surface area contributed by atoms with Gasteiger partial charge in [-0.3, -0.25) is 0 Å². The maximum Gasteiger partial charge on any atom is 0.338 e. The number of carbonyl (C=O) groups excluding carboxylic acids is 1. The molecule has 0 amide bonds. The third kappa shape index (κ3) is 4.51. The number of carbonyl (C=O) groups is 1. The summed E-state index contributed by atoms with van der Waals surface area (Å²) >= 11 is 0. The standard InChI is InChI=1S/C25H28O6/c1-19-23-22(18-29-15-14-27-12-13-28-16-17-30-24(23)26)25(31-19,20-8-4-2-5-9-20)21-10-6-3-7-11-21/h2-11,22H,12-18H2,1H3. The van der Waals surface area contributed by atoms with E-state index in [4.69, 9.17) is 23.7 Å². The number of fused-ring (bicyclic) bond motifs is 1. The van der Waals surface area contributed by atoms with Gasteiger partial charge in [0.15, 0.2) is 5.60 Å². The lowest BCUT2D eigenvalue weighted by molar-refractivity contribution is -0.142. The van der Waals surface area contributed by atoms with Crippen molar-refractivity contribution in [1.29, 1.82) is 0 Å². The lowest BCUT2D eigenvalue weighted by Gasteiger charge is -2.36. The topological polar surface area (TPSA) is 63.2 Å². The van der Waals surface area contributed by atoms with Crippen LogP contribution in [0, 0.1) is 5.92 Å². The highest BCUT2D eigenvalue weighted by Crippen LogP contribution is 2.51. The zero-order valence-corrected chi connectivity index (χ0v) is 17.8. The summed E-state index contributed by atoms with van der Waals surface area (Å²) in [5.74, 6) is -0.221. The molecule has 31 heavy (non-hydrogen) atoms. The Morgan fingerprint density at radius 2 is 1.26 bits per heavy atom. The normalized spacial score (nSPS) is 22.7. The molecule has 0 radical (unpaired) electrons. The number of cyclic esters (lactones) is 1. The average molecular weight is 424 g/mol. The lowest BCUT2D eigenvalue weighted by Crippen LogP contribution is -2.39. The van der Waals surface area contributed by atoms with Crippen LogP contribution in [0.4, 0.5) is 0 Å². The smallest absolute Gasteiger partial charge is 0.338 e. The van der Waals surface area contributed by atoms with Crippen molar-refractivity contribution in [2.24, 2.45) is 5.92 Å². The van der Waals surface area contributed by atoms with Gasteiger partial charge in [-0.15, -0.1) is 0 Å². The average Bonchev–Trinajstić information content (AvgIpc) is 3.11. The van der Waals surface area contributed by atoms with Crippen LogP contribution in [0.3, 0.4) is 0 Å². The first-order valence-corrected chi connectivity index (χ1v) is 10.6. The van der Waals surface area contributed by atoms with E-state index in [-0.39, 0.29) is 12.5 Å². The van der Waals surface area contributed by atoms with Gasteiger partial charge in [0.2, 0.25) is 0 Å². The van der Waals surface area contributed by atoms with Gasteiger partial charge in [-0.1, -0.05) is 60.7 Å². The van der Waals surface area contributed by atoms with Crippen molar-refractivity contribution in [3.63, 3.8) is 0 Å². The molecule has 2 aromatic carbocycles. The minimum atomic E-state index is -0.893. The molecule has 2 aromatic rings. The lowest BCUT2D eigenvalue weighted by atomic mass is 9.74. The van der Waals surface area contributed by atoms with E-state index in [0.717, 1.165) is 11.1 Å². The fourth-order valence-electron chi connectivity index (χ4n) is 4.27. The van der Waals surface area contributed by atoms with Crippen LogP contribution in [0.15, 0.2) is 72.0 Å². The molecule has 0 spiro atoms. The fraction of sp³-hybridized carbons (Fsp3) is 0.400. The quantitative estimate of drug-likeness (QED) is 0.688. The summed E-state index contributed by atoms with van der Waals surface area (Å²) in [6.45, 7) is 4.42. The van der Waals surface area contributed by atoms with Crippen LogP contribution in [-0.4, -0.2) is 52.2 Å². The number of hydrogen-bond acceptors (Lipinski definition) is 6. The van der Waals surface area contributed by atoms with Gasteiger partial charge < -0.3 is 23.7 Å². The molecule has 1 unspecified atom stereocenters. The number of hydrogen-bond donors (Lipinski definition) is 0. The molecule has 6 heteroatoms. The van der Waals surface area contributed by atoms with Crippen LogP contribution < -0.4 is 0 Å². The van der Waals surface area contributed by atoms with E-state index in [1.54, 1.807) is 0 Å². The molecule has 2 aliphatic rings. The Morgan fingerprint density at radius 3 is 1.84 bits per heavy atom. The Bertz CT molecular complexity index is 853. The predicted octanol–water partition coefficient (Wildman–Crippen LogP) is 3.46. The third-order valence-corrected chi connectivity index (χ3v) is 5.65. The predicted molar refractivity (Wildman–Crippen MR) is 114 cm³/mol. The number of allylic oxidation sites excluding steroid dienone is 1. The molecule has 0 bridgehead atoms. The Morgan fingerprint density at radius 1 is 0.742 bits per heavy atom. The van der Waals surface area contributed by atoms with Crippen molar-refractivity contribution in [1.82, 2.24) is 0 Å². The van der Waals surface area contributed by atoms with E-state index in [0.29, 0.717) is 51.0 Å². The highest BCUT2D eigenvalue weighted by atomic mass is 16.6. The molecule has 1 saturated heterocycles. The van der Waals surface area contributed by atoms with E-state index in [1.165, 1.54) is 0 Å². The van der Waals surface area contributed by atoms with Crippen molar-refractivity contribution in [2.45, 2.75) is 12.5 Å². The second-order valence-corrected chi connectivity index (χ2v) is 7.53. The van der Waals surface area contributed by atoms with Crippen LogP contribution in [-0.2, 0) is 34.1 Å². The van der Waals surface area contributed by atoms with Crippen molar-refractivity contribution in [2.75, 3.05) is 46.2 Å². The summed E-state index contributed by atoms with van der Waals surface area (Å²) in [5.41, 5.74) is 1.52. The monoisotopic (exact) mass is 424 g/mol. The molecule has 0 N–H and O–H groups in total. The fourth-order valence-corrected chi connectivity index (χ4v) is 4.27. The van der Waals surface area contributed by atoms with Crippen LogP contribution in [0.5, 0.6) is 0 Å². The first-order valence-electron chi connectivity index (χ1n) is 10.6. The molecular formula is C25H28O6. The van der Waals surface area contributed by atoms with Gasteiger partial charge in [-0.05, 0) is 6.92 Å². The number of ether oxygens (including phenoxy) is 5. The molecule has 0 saturated carbocycles. The zero-order chi connectivity index (χ0) is 21.5. The van der Waals surface area contributed by atoms with Crippen molar-refractivity contribution < 1.29 is 28.5 Å². The van der Waals surface area contributed by atoms with Crippen LogP contribution >= 0.6 is 0 Å². The second-order valence-electron chi connectivity index (χ2n) is 7.53. The molecule has 1 fully saturated rings. The minimum Gasteiger partial charge on any atom is -0.481 e. The van der Waals surface area contributed by atoms with E-state index in [2.05, 4.69) is 0 Å². The number of benzene rings is 2. The Hall–Kier alpha value is -2.67. The summed E-state index contributed by atoms with van der Waals surface area (Å²) in [7, 11) is 0. The molecular weight excluding hydrogens is 396 g/mol. The summed E-state index contributed by atoms with van der Waals surface area (Å²) in [4.78, 5) is 13.1. The zero-order valence-electron chi connectivity index (χ0n) is 17.8. The molecule has 0 aromatic heterocycles. The van der Waals surface area contributed by atoms with Crippen LogP contribution in [0.25, 0.3) is 0 Å². The summed E-state index contributed by atoms with van der Waals surface area (Å²) in [6.07, 6.45) is 0. The molecule has 164 valence electrons. The second kappa shape index (κ2) is 10.1. The van der Waals surface area contributed by atoms with Gasteiger partial charge in [0.05, 0.1) is 51.1 Å². The van der Waals surface area contributed by atoms with E-state index in [1.807, 2.05) is 67.6 Å². The highest BCUT2D eigenvalue weighted by molar-refractivity contribution is 5.91. The van der Waals surface area contributed by atoms with Gasteiger partial charge in [0.25, 0.3) is 0 Å². The van der Waals surface area contributed by atoms with Crippen molar-refractivity contribution in [3.8, 4) is 0 Å². The van der Waals surface area contributed by atoms with Crippen molar-refractivity contribution in [3.05, 3.63) is 83.1 Å². The molecule has 0 aliphatic carbocycles. The third-order valence-electron chi connectivity index (χ3n) is 5.65. The van der Waals surface area contributed by atoms with Gasteiger partial charge >= 0.3 is 5.97 Å². The molecule has 1 atom stereocenters. The summed E-state index contributed by atoms with van der Waals surface area (Å²) < 4.78 is 29.1. The maximum atomic E-state index is 13.1. The Balaban J connectivity index is 1.76. The maximum absolute atomic E-state index is 13.1. The van der Waals surface area contributed by atoms with Crippen LogP contribution in [0.2, 0.25) is 0 Å². The molecule has 2 heterocycles. The van der Waals surface area contributed by atoms with E-state index in [9.17, 15) is 4.79 Å². The largest absolute Gasteiger partial charge is 0.481 e. The number of rotatable bonds is 2. The first-order chi connectivity index (χ1) is 15.2. The summed E-state index contributed by atoms with van der Waals surface area (Å²) in [6, 6.07) is 19.9. The van der Waals surface area contributed by atoms with E-state index >= 15 is 0 Å². The SMILES string of the molecule is CC1=C2C(=O)OCCOCCOCCOCC2C(c2ccccc2)(c2ccccc2)O1. The van der Waals surface area contributed by atoms with Gasteiger partial charge in [0.1, 0.15) is 12.4 Å². The minimum absolute atomic E-state index is 0.173. The molecule has 6 nitrogen and oxygen atoms in total. The van der Waals surface area contributed by atoms with Gasteiger partial charge in [0, 0.05) is 11.1 Å². The molecule has 2 aliphatic heterocycles. The summed E-state index contributed by atoms with van der Waals surface area (Å²) in [5, 5.41) is 0. The Kier molecular flexibility index (Phi) is 7.02. The number of esters is 1. The molecule has 4 rings (SSSR count).